The van der Waals surface area contributed by atoms with Gasteiger partial charge in [-0.3, -0.25) is 0 Å². The lowest BCUT2D eigenvalue weighted by atomic mass is 9.74. The Morgan fingerprint density at radius 2 is 1.61 bits per heavy atom. The van der Waals surface area contributed by atoms with E-state index in [0.29, 0.717) is 17.8 Å². The minimum absolute atomic E-state index is 0.106. The first-order valence-corrected chi connectivity index (χ1v) is 13.4. The molecule has 0 saturated heterocycles. The first-order chi connectivity index (χ1) is 15.0. The van der Waals surface area contributed by atoms with Crippen molar-refractivity contribution in [2.75, 3.05) is 6.61 Å². The van der Waals surface area contributed by atoms with E-state index in [2.05, 4.69) is 39.0 Å². The molecule has 0 aromatic heterocycles. The summed E-state index contributed by atoms with van der Waals surface area (Å²) < 4.78 is 12.2. The second kappa shape index (κ2) is 13.2. The molecule has 3 aliphatic rings. The van der Waals surface area contributed by atoms with Crippen LogP contribution in [0.1, 0.15) is 97.8 Å². The third-order valence-electron chi connectivity index (χ3n) is 8.24. The van der Waals surface area contributed by atoms with Crippen molar-refractivity contribution in [2.24, 2.45) is 29.6 Å². The van der Waals surface area contributed by atoms with Crippen molar-refractivity contribution < 1.29 is 14.6 Å². The number of ether oxygens (including phenoxy) is 2. The largest absolute Gasteiger partial charge is 0.389 e. The molecule has 0 bridgehead atoms. The minimum Gasteiger partial charge on any atom is -0.389 e. The average molecular weight is 433 g/mol. The van der Waals surface area contributed by atoms with Crippen LogP contribution in [0.2, 0.25) is 0 Å². The summed E-state index contributed by atoms with van der Waals surface area (Å²) >= 11 is 0. The van der Waals surface area contributed by atoms with E-state index in [-0.39, 0.29) is 18.5 Å². The van der Waals surface area contributed by atoms with Gasteiger partial charge >= 0.3 is 0 Å². The third-order valence-corrected chi connectivity index (χ3v) is 8.24. The van der Waals surface area contributed by atoms with Crippen LogP contribution in [0.5, 0.6) is 0 Å². The highest BCUT2D eigenvalue weighted by atomic mass is 16.7. The van der Waals surface area contributed by atoms with Gasteiger partial charge in [0, 0.05) is 6.61 Å². The van der Waals surface area contributed by atoms with Crippen molar-refractivity contribution >= 4 is 0 Å². The molecule has 3 aliphatic carbocycles. The van der Waals surface area contributed by atoms with Crippen molar-refractivity contribution in [3.63, 3.8) is 0 Å². The van der Waals surface area contributed by atoms with E-state index < -0.39 is 0 Å². The fourth-order valence-corrected chi connectivity index (χ4v) is 6.08. The molecule has 3 nitrogen and oxygen atoms in total. The van der Waals surface area contributed by atoms with Crippen LogP contribution in [0, 0.1) is 29.6 Å². The Labute approximate surface area is 191 Å². The molecule has 178 valence electrons. The summed E-state index contributed by atoms with van der Waals surface area (Å²) in [6.07, 6.45) is 24.0. The van der Waals surface area contributed by atoms with E-state index in [4.69, 9.17) is 9.47 Å². The Bertz CT molecular complexity index is 550. The molecule has 0 amide bonds. The van der Waals surface area contributed by atoms with Gasteiger partial charge in [0.25, 0.3) is 0 Å². The first-order valence-electron chi connectivity index (χ1n) is 13.4. The summed E-state index contributed by atoms with van der Waals surface area (Å²) in [6.45, 7) is 7.65. The van der Waals surface area contributed by atoms with Gasteiger partial charge in [0.15, 0.2) is 6.29 Å². The Kier molecular flexibility index (Phi) is 10.6. The summed E-state index contributed by atoms with van der Waals surface area (Å²) in [6, 6.07) is 0. The van der Waals surface area contributed by atoms with Crippen molar-refractivity contribution in [3.05, 3.63) is 24.3 Å². The average Bonchev–Trinajstić information content (AvgIpc) is 2.79. The number of hydrogen-bond donors (Lipinski definition) is 1. The topological polar surface area (TPSA) is 38.7 Å². The van der Waals surface area contributed by atoms with E-state index in [9.17, 15) is 5.11 Å². The van der Waals surface area contributed by atoms with E-state index in [1.54, 1.807) is 0 Å². The number of allylic oxidation sites excluding steroid dienone is 2. The fraction of sp³-hybridized carbons (Fsp3) is 0.857. The highest BCUT2D eigenvalue weighted by molar-refractivity contribution is 5.03. The molecule has 0 aromatic rings. The molecule has 3 heteroatoms. The zero-order valence-corrected chi connectivity index (χ0v) is 20.4. The monoisotopic (exact) mass is 432 g/mol. The molecule has 31 heavy (non-hydrogen) atoms. The summed E-state index contributed by atoms with van der Waals surface area (Å²) in [5.41, 5.74) is 0. The quantitative estimate of drug-likeness (QED) is 0.281. The van der Waals surface area contributed by atoms with Gasteiger partial charge in [-0.2, -0.15) is 0 Å². The van der Waals surface area contributed by atoms with Gasteiger partial charge in [-0.15, -0.1) is 0 Å². The van der Waals surface area contributed by atoms with Crippen LogP contribution >= 0.6 is 0 Å². The molecule has 7 unspecified atom stereocenters. The summed E-state index contributed by atoms with van der Waals surface area (Å²) in [4.78, 5) is 0. The van der Waals surface area contributed by atoms with Crippen LogP contribution in [-0.2, 0) is 9.47 Å². The molecule has 1 fully saturated rings. The van der Waals surface area contributed by atoms with Gasteiger partial charge in [-0.25, -0.2) is 0 Å². The SMILES string of the molecule is CCC(CC(C)C1C=CC(O)CC1)C1C=CC(OC(C)OCCC2CCCCC2)CC1. The van der Waals surface area contributed by atoms with Gasteiger partial charge in [-0.1, -0.05) is 76.7 Å². The number of aliphatic hydroxyl groups is 1. The van der Waals surface area contributed by atoms with Crippen LogP contribution in [0.25, 0.3) is 0 Å². The molecular formula is C28H48O3. The maximum absolute atomic E-state index is 9.72. The molecule has 0 aromatic carbocycles. The first kappa shape index (κ1) is 25.0. The highest BCUT2D eigenvalue weighted by Crippen LogP contribution is 2.36. The molecule has 0 radical (unpaired) electrons. The summed E-state index contributed by atoms with van der Waals surface area (Å²) in [5.74, 6) is 3.62. The van der Waals surface area contributed by atoms with Crippen LogP contribution in [0.4, 0.5) is 0 Å². The number of hydrogen-bond acceptors (Lipinski definition) is 3. The minimum atomic E-state index is -0.220. The van der Waals surface area contributed by atoms with Gasteiger partial charge in [0.1, 0.15) is 0 Å². The van der Waals surface area contributed by atoms with E-state index in [0.717, 1.165) is 37.7 Å². The van der Waals surface area contributed by atoms with E-state index >= 15 is 0 Å². The summed E-state index contributed by atoms with van der Waals surface area (Å²) in [7, 11) is 0. The third kappa shape index (κ3) is 8.33. The lowest BCUT2D eigenvalue weighted by Crippen LogP contribution is -2.27. The standard InChI is InChI=1S/C28H48O3/c1-4-24(20-21(2)25-10-14-27(29)15-11-25)26-12-16-28(17-13-26)31-22(3)30-19-18-23-8-6-5-7-9-23/h10,12,14,16,21-29H,4-9,11,13,15,17-20H2,1-3H3. The van der Waals surface area contributed by atoms with Gasteiger partial charge in [0.05, 0.1) is 12.2 Å². The molecular weight excluding hydrogens is 384 g/mol. The van der Waals surface area contributed by atoms with Crippen LogP contribution in [-0.4, -0.2) is 30.2 Å². The normalized spacial score (nSPS) is 32.6. The molecule has 0 spiro atoms. The molecule has 7 atom stereocenters. The molecule has 1 saturated carbocycles. The maximum Gasteiger partial charge on any atom is 0.155 e. The van der Waals surface area contributed by atoms with Gasteiger partial charge < -0.3 is 14.6 Å². The lowest BCUT2D eigenvalue weighted by molar-refractivity contribution is -0.154. The smallest absolute Gasteiger partial charge is 0.155 e. The Morgan fingerprint density at radius 1 is 0.871 bits per heavy atom. The van der Waals surface area contributed by atoms with Crippen LogP contribution in [0.3, 0.4) is 0 Å². The highest BCUT2D eigenvalue weighted by Gasteiger charge is 2.28. The predicted molar refractivity (Wildman–Crippen MR) is 129 cm³/mol. The van der Waals surface area contributed by atoms with Crippen LogP contribution < -0.4 is 0 Å². The van der Waals surface area contributed by atoms with Crippen molar-refractivity contribution in [1.29, 1.82) is 0 Å². The second-order valence-corrected chi connectivity index (χ2v) is 10.6. The Morgan fingerprint density at radius 3 is 2.26 bits per heavy atom. The van der Waals surface area contributed by atoms with Gasteiger partial charge in [-0.05, 0) is 75.0 Å². The van der Waals surface area contributed by atoms with Crippen molar-refractivity contribution in [2.45, 2.75) is 116 Å². The lowest BCUT2D eigenvalue weighted by Gasteiger charge is -2.34. The van der Waals surface area contributed by atoms with Crippen molar-refractivity contribution in [3.8, 4) is 0 Å². The molecule has 1 N–H and O–H groups in total. The number of aliphatic hydroxyl groups excluding tert-OH is 1. The molecule has 0 heterocycles. The second-order valence-electron chi connectivity index (χ2n) is 10.6. The molecule has 0 aliphatic heterocycles. The van der Waals surface area contributed by atoms with Crippen LogP contribution in [0.15, 0.2) is 24.3 Å². The molecule has 3 rings (SSSR count). The Hall–Kier alpha value is -0.640. The summed E-state index contributed by atoms with van der Waals surface area (Å²) in [5, 5.41) is 9.72. The maximum atomic E-state index is 9.72. The number of rotatable bonds is 11. The predicted octanol–water partition coefficient (Wildman–Crippen LogP) is 7.05. The van der Waals surface area contributed by atoms with E-state index in [1.807, 2.05) is 6.08 Å². The van der Waals surface area contributed by atoms with E-state index in [1.165, 1.54) is 57.8 Å². The zero-order valence-electron chi connectivity index (χ0n) is 20.4. The fourth-order valence-electron chi connectivity index (χ4n) is 6.08. The van der Waals surface area contributed by atoms with Crippen molar-refractivity contribution in [1.82, 2.24) is 0 Å². The Balaban J connectivity index is 1.37. The van der Waals surface area contributed by atoms with Gasteiger partial charge in [0.2, 0.25) is 0 Å². The zero-order chi connectivity index (χ0) is 22.1.